The lowest BCUT2D eigenvalue weighted by atomic mass is 10.2. The van der Waals surface area contributed by atoms with Crippen molar-refractivity contribution in [2.24, 2.45) is 0 Å². The number of benzene rings is 1. The molecule has 0 heterocycles. The van der Waals surface area contributed by atoms with Gasteiger partial charge in [-0.25, -0.2) is 8.42 Å². The quantitative estimate of drug-likeness (QED) is 0.817. The fourth-order valence-corrected chi connectivity index (χ4v) is 2.61. The molecule has 0 aliphatic rings. The van der Waals surface area contributed by atoms with Crippen LogP contribution in [0, 0.1) is 6.92 Å². The summed E-state index contributed by atoms with van der Waals surface area (Å²) in [5.41, 5.74) is 1.48. The van der Waals surface area contributed by atoms with Crippen molar-refractivity contribution < 1.29 is 13.2 Å². The smallest absolute Gasteiger partial charge is 0.242 e. The van der Waals surface area contributed by atoms with Crippen molar-refractivity contribution in [3.8, 4) is 0 Å². The van der Waals surface area contributed by atoms with Gasteiger partial charge >= 0.3 is 0 Å². The van der Waals surface area contributed by atoms with Crippen molar-refractivity contribution in [1.82, 2.24) is 4.90 Å². The maximum atomic E-state index is 12.1. The summed E-state index contributed by atoms with van der Waals surface area (Å²) in [6.07, 6.45) is 0. The van der Waals surface area contributed by atoms with E-state index in [-0.39, 0.29) is 18.2 Å². The molecule has 5 nitrogen and oxygen atoms in total. The lowest BCUT2D eigenvalue weighted by molar-refractivity contribution is -0.127. The van der Waals surface area contributed by atoms with E-state index in [9.17, 15) is 13.2 Å². The van der Waals surface area contributed by atoms with Crippen molar-refractivity contribution in [2.45, 2.75) is 13.8 Å². The molecule has 1 aromatic carbocycles. The molecule has 0 spiro atoms. The highest BCUT2D eigenvalue weighted by atomic mass is 32.2. The minimum Gasteiger partial charge on any atom is -0.347 e. The van der Waals surface area contributed by atoms with E-state index in [1.54, 1.807) is 39.2 Å². The summed E-state index contributed by atoms with van der Waals surface area (Å²) in [5, 5.41) is 0. The van der Waals surface area contributed by atoms with E-state index in [1.165, 1.54) is 9.21 Å². The summed E-state index contributed by atoms with van der Waals surface area (Å²) in [6, 6.07) is 7.12. The number of aryl methyl sites for hydroxylation is 1. The third-order valence-corrected chi connectivity index (χ3v) is 4.51. The number of rotatable bonds is 5. The van der Waals surface area contributed by atoms with Gasteiger partial charge in [-0.2, -0.15) is 0 Å². The van der Waals surface area contributed by atoms with Crippen LogP contribution < -0.4 is 4.31 Å². The molecule has 0 aliphatic carbocycles. The van der Waals surface area contributed by atoms with Crippen molar-refractivity contribution in [3.63, 3.8) is 0 Å². The number of nitrogens with zero attached hydrogens (tertiary/aromatic N) is 2. The zero-order chi connectivity index (χ0) is 14.6. The topological polar surface area (TPSA) is 57.7 Å². The molecule has 0 saturated heterocycles. The lowest BCUT2D eigenvalue weighted by Gasteiger charge is -2.25. The van der Waals surface area contributed by atoms with Crippen molar-refractivity contribution in [2.75, 3.05) is 30.7 Å². The number of hydrogen-bond acceptors (Lipinski definition) is 3. The molecule has 1 aromatic rings. The Morgan fingerprint density at radius 3 is 2.37 bits per heavy atom. The Bertz CT molecular complexity index is 553. The molecule has 0 N–H and O–H groups in total. The number of likely N-dealkylation sites (N-methyl/N-ethyl adjacent to an activating group) is 1. The van der Waals surface area contributed by atoms with E-state index in [0.717, 1.165) is 5.56 Å². The minimum atomic E-state index is -3.47. The summed E-state index contributed by atoms with van der Waals surface area (Å²) in [5.74, 6) is -0.291. The molecule has 0 unspecified atom stereocenters. The van der Waals surface area contributed by atoms with Crippen LogP contribution in [-0.4, -0.2) is 45.6 Å². The highest BCUT2D eigenvalue weighted by Gasteiger charge is 2.24. The Morgan fingerprint density at radius 2 is 1.89 bits per heavy atom. The number of carbonyl (C=O) groups excluding carboxylic acids is 1. The third kappa shape index (κ3) is 3.96. The molecule has 0 aliphatic heterocycles. The van der Waals surface area contributed by atoms with E-state index in [1.807, 2.05) is 13.0 Å². The van der Waals surface area contributed by atoms with Crippen LogP contribution in [0.4, 0.5) is 5.69 Å². The van der Waals surface area contributed by atoms with Crippen LogP contribution in [0.25, 0.3) is 0 Å². The lowest BCUT2D eigenvalue weighted by Crippen LogP contribution is -2.41. The Balaban J connectivity index is 3.17. The van der Waals surface area contributed by atoms with Crippen LogP contribution in [0.1, 0.15) is 12.5 Å². The van der Waals surface area contributed by atoms with Crippen LogP contribution in [0.2, 0.25) is 0 Å². The van der Waals surface area contributed by atoms with Crippen LogP contribution >= 0.6 is 0 Å². The molecule has 0 saturated carbocycles. The van der Waals surface area contributed by atoms with Gasteiger partial charge in [-0.1, -0.05) is 12.1 Å². The van der Waals surface area contributed by atoms with Gasteiger partial charge in [-0.3, -0.25) is 9.10 Å². The normalized spacial score (nSPS) is 11.2. The first-order chi connectivity index (χ1) is 8.77. The molecule has 0 aromatic heterocycles. The summed E-state index contributed by atoms with van der Waals surface area (Å²) in [7, 11) is -0.260. The Morgan fingerprint density at radius 1 is 1.26 bits per heavy atom. The van der Waals surface area contributed by atoms with Crippen molar-refractivity contribution in [1.29, 1.82) is 0 Å². The van der Waals surface area contributed by atoms with Crippen LogP contribution in [0.5, 0.6) is 0 Å². The molecular weight excluding hydrogens is 264 g/mol. The molecular formula is C13H20N2O3S. The molecule has 0 fully saturated rings. The van der Waals surface area contributed by atoms with Gasteiger partial charge in [0.05, 0.1) is 11.4 Å². The minimum absolute atomic E-state index is 0.0400. The molecule has 1 amide bonds. The van der Waals surface area contributed by atoms with Gasteiger partial charge in [0.2, 0.25) is 15.9 Å². The van der Waals surface area contributed by atoms with Gasteiger partial charge in [0.25, 0.3) is 0 Å². The SMILES string of the molecule is CCS(=O)(=O)N(CC(=O)N(C)C)c1cccc(C)c1. The summed E-state index contributed by atoms with van der Waals surface area (Å²) >= 11 is 0. The Kier molecular flexibility index (Phi) is 4.94. The first-order valence-electron chi connectivity index (χ1n) is 6.05. The van der Waals surface area contributed by atoms with Gasteiger partial charge in [0.1, 0.15) is 6.54 Å². The second-order valence-electron chi connectivity index (χ2n) is 4.53. The molecule has 19 heavy (non-hydrogen) atoms. The monoisotopic (exact) mass is 284 g/mol. The van der Waals surface area contributed by atoms with E-state index in [4.69, 9.17) is 0 Å². The molecule has 106 valence electrons. The predicted molar refractivity (Wildman–Crippen MR) is 76.7 cm³/mol. The van der Waals surface area contributed by atoms with Gasteiger partial charge in [-0.15, -0.1) is 0 Å². The zero-order valence-corrected chi connectivity index (χ0v) is 12.6. The van der Waals surface area contributed by atoms with Gasteiger partial charge < -0.3 is 4.90 Å². The van der Waals surface area contributed by atoms with Crippen LogP contribution in [0.3, 0.4) is 0 Å². The van der Waals surface area contributed by atoms with E-state index in [0.29, 0.717) is 5.69 Å². The van der Waals surface area contributed by atoms with Crippen molar-refractivity contribution in [3.05, 3.63) is 29.8 Å². The van der Waals surface area contributed by atoms with Gasteiger partial charge in [0, 0.05) is 14.1 Å². The fraction of sp³-hybridized carbons (Fsp3) is 0.462. The summed E-state index contributed by atoms with van der Waals surface area (Å²) in [6.45, 7) is 3.28. The van der Waals surface area contributed by atoms with Gasteiger partial charge in [-0.05, 0) is 31.5 Å². The first-order valence-corrected chi connectivity index (χ1v) is 7.66. The first kappa shape index (κ1) is 15.5. The Labute approximate surface area is 114 Å². The largest absolute Gasteiger partial charge is 0.347 e. The maximum Gasteiger partial charge on any atom is 0.242 e. The van der Waals surface area contributed by atoms with E-state index in [2.05, 4.69) is 0 Å². The molecule has 0 atom stereocenters. The second kappa shape index (κ2) is 6.06. The van der Waals surface area contributed by atoms with E-state index >= 15 is 0 Å². The molecule has 0 radical (unpaired) electrons. The van der Waals surface area contributed by atoms with Gasteiger partial charge in [0.15, 0.2) is 0 Å². The average molecular weight is 284 g/mol. The summed E-state index contributed by atoms with van der Waals surface area (Å²) in [4.78, 5) is 13.2. The molecule has 1 rings (SSSR count). The average Bonchev–Trinajstić information content (AvgIpc) is 2.35. The molecule has 0 bridgehead atoms. The van der Waals surface area contributed by atoms with Crippen LogP contribution in [-0.2, 0) is 14.8 Å². The van der Waals surface area contributed by atoms with Crippen molar-refractivity contribution >= 4 is 21.6 Å². The molecule has 6 heteroatoms. The Hall–Kier alpha value is -1.56. The second-order valence-corrected chi connectivity index (χ2v) is 6.72. The zero-order valence-electron chi connectivity index (χ0n) is 11.8. The van der Waals surface area contributed by atoms with E-state index < -0.39 is 10.0 Å². The number of sulfonamides is 1. The van der Waals surface area contributed by atoms with Crippen LogP contribution in [0.15, 0.2) is 24.3 Å². The number of amides is 1. The standard InChI is InChI=1S/C13H20N2O3S/c1-5-19(17,18)15(10-13(16)14(3)4)12-8-6-7-11(2)9-12/h6-9H,5,10H2,1-4H3. The predicted octanol–water partition coefficient (Wildman–Crippen LogP) is 1.24. The number of anilines is 1. The maximum absolute atomic E-state index is 12.1. The highest BCUT2D eigenvalue weighted by molar-refractivity contribution is 7.92. The summed E-state index contributed by atoms with van der Waals surface area (Å²) < 4.78 is 25.4. The number of hydrogen-bond donors (Lipinski definition) is 0. The number of carbonyl (C=O) groups is 1. The fourth-order valence-electron chi connectivity index (χ4n) is 1.55. The third-order valence-electron chi connectivity index (χ3n) is 2.77. The highest BCUT2D eigenvalue weighted by Crippen LogP contribution is 2.19.